The number of benzene rings is 2. The number of anilines is 6. The molecule has 0 aliphatic carbocycles. The first-order chi connectivity index (χ1) is 20.4. The van der Waals surface area contributed by atoms with Crippen molar-refractivity contribution in [2.24, 2.45) is 0 Å². The molecule has 2 heterocycles. The minimum absolute atomic E-state index is 0.0511. The van der Waals surface area contributed by atoms with E-state index in [1.807, 2.05) is 26.0 Å². The molecule has 1 amide bonds. The van der Waals surface area contributed by atoms with Crippen molar-refractivity contribution in [1.82, 2.24) is 24.8 Å². The van der Waals surface area contributed by atoms with Gasteiger partial charge >= 0.3 is 0 Å². The summed E-state index contributed by atoms with van der Waals surface area (Å²) in [6, 6.07) is 6.85. The highest BCUT2D eigenvalue weighted by Crippen LogP contribution is 2.41. The van der Waals surface area contributed by atoms with E-state index in [0.717, 1.165) is 18.4 Å². The predicted octanol–water partition coefficient (Wildman–Crippen LogP) is 4.43. The number of methoxy groups -OCH3 is 1. The Morgan fingerprint density at radius 2 is 1.79 bits per heavy atom. The first kappa shape index (κ1) is 31.3. The second kappa shape index (κ2) is 13.1. The van der Waals surface area contributed by atoms with Gasteiger partial charge in [0.25, 0.3) is 0 Å². The third-order valence-electron chi connectivity index (χ3n) is 6.45. The van der Waals surface area contributed by atoms with Gasteiger partial charge in [-0.05, 0) is 51.7 Å². The number of rotatable bonds is 12. The summed E-state index contributed by atoms with van der Waals surface area (Å²) in [7, 11) is 4.50. The lowest BCUT2D eigenvalue weighted by atomic mass is 10.2. The van der Waals surface area contributed by atoms with Crippen LogP contribution in [0.25, 0.3) is 11.0 Å². The molecule has 0 unspecified atom stereocenters. The van der Waals surface area contributed by atoms with E-state index in [2.05, 4.69) is 47.4 Å². The molecule has 0 bridgehead atoms. The highest BCUT2D eigenvalue weighted by Gasteiger charge is 2.23. The lowest BCUT2D eigenvalue weighted by Crippen LogP contribution is -2.29. The average Bonchev–Trinajstić information content (AvgIpc) is 2.96. The zero-order chi connectivity index (χ0) is 31.3. The summed E-state index contributed by atoms with van der Waals surface area (Å²) in [5.41, 5.74) is 3.07. The van der Waals surface area contributed by atoms with Crippen molar-refractivity contribution in [2.75, 3.05) is 75.5 Å². The first-order valence-electron chi connectivity index (χ1n) is 13.3. The number of likely N-dealkylation sites (N-methyl/N-ethyl adjacent to an activating group) is 2. The lowest BCUT2D eigenvalue weighted by Gasteiger charge is -2.26. The number of aromatic nitrogens is 4. The average molecular weight is 608 g/mol. The number of ether oxygens (including phenoxy) is 1. The molecule has 0 radical (unpaired) electrons. The monoisotopic (exact) mass is 607 g/mol. The molecule has 0 aliphatic rings. The standard InChI is InChI=1S/C29H35FN9O3P/c1-8-25(40)34-21-15-22(24(42-5)16-23(21)39(4)14-13-38(2)3)36-29-33-17-18(30)28(37-29)35-20-10-9-19-26(32-12-11-31-19)27(20)43(6,7)41/h8-12,15-17H,1,13-14H2,2-7H3,(H,34,40)(H2,33,35,36,37). The van der Waals surface area contributed by atoms with Crippen LogP contribution in [0.15, 0.2) is 55.5 Å². The Hall–Kier alpha value is -4.61. The molecule has 12 nitrogen and oxygen atoms in total. The fraction of sp³-hybridized carbons (Fsp3) is 0.276. The van der Waals surface area contributed by atoms with Gasteiger partial charge in [0.2, 0.25) is 11.9 Å². The summed E-state index contributed by atoms with van der Waals surface area (Å²) in [5.74, 6) is -0.756. The molecule has 0 spiro atoms. The van der Waals surface area contributed by atoms with Gasteiger partial charge in [-0.15, -0.1) is 0 Å². The minimum atomic E-state index is -2.89. The van der Waals surface area contributed by atoms with E-state index in [-0.39, 0.29) is 17.7 Å². The fourth-order valence-corrected chi connectivity index (χ4v) is 5.73. The zero-order valence-corrected chi connectivity index (χ0v) is 25.9. The summed E-state index contributed by atoms with van der Waals surface area (Å²) in [4.78, 5) is 33.4. The van der Waals surface area contributed by atoms with Crippen molar-refractivity contribution in [1.29, 1.82) is 0 Å². The number of amides is 1. The number of hydrogen-bond acceptors (Lipinski definition) is 11. The molecule has 14 heteroatoms. The maximum atomic E-state index is 15.0. The number of hydrogen-bond donors (Lipinski definition) is 3. The molecule has 0 atom stereocenters. The summed E-state index contributed by atoms with van der Waals surface area (Å²) < 4.78 is 33.9. The Labute approximate surface area is 249 Å². The Balaban J connectivity index is 1.72. The van der Waals surface area contributed by atoms with Crippen molar-refractivity contribution < 1.29 is 18.5 Å². The molecule has 4 aromatic rings. The topological polar surface area (TPSA) is 138 Å². The predicted molar refractivity (Wildman–Crippen MR) is 171 cm³/mol. The van der Waals surface area contributed by atoms with Crippen LogP contribution in [-0.2, 0) is 9.36 Å². The van der Waals surface area contributed by atoms with Gasteiger partial charge in [-0.25, -0.2) is 9.37 Å². The molecule has 43 heavy (non-hydrogen) atoms. The highest BCUT2D eigenvalue weighted by atomic mass is 31.2. The van der Waals surface area contributed by atoms with Crippen LogP contribution in [0.4, 0.5) is 38.9 Å². The number of carbonyl (C=O) groups is 1. The van der Waals surface area contributed by atoms with Crippen molar-refractivity contribution in [2.45, 2.75) is 0 Å². The molecule has 0 aliphatic heterocycles. The van der Waals surface area contributed by atoms with Crippen LogP contribution < -0.4 is 30.9 Å². The molecule has 0 saturated heterocycles. The van der Waals surface area contributed by atoms with Crippen LogP contribution >= 0.6 is 7.14 Å². The Kier molecular flexibility index (Phi) is 9.57. The third-order valence-corrected chi connectivity index (χ3v) is 7.98. The SMILES string of the molecule is C=CC(=O)Nc1cc(Nc2ncc(F)c(Nc3ccc4nccnc4c3P(C)(C)=O)n2)c(OC)cc1N(C)CCN(C)C. The fourth-order valence-electron chi connectivity index (χ4n) is 4.34. The van der Waals surface area contributed by atoms with Crippen molar-refractivity contribution >= 4 is 63.9 Å². The van der Waals surface area contributed by atoms with Gasteiger partial charge in [-0.1, -0.05) is 6.58 Å². The quantitative estimate of drug-likeness (QED) is 0.156. The number of fused-ring (bicyclic) bond motifs is 1. The van der Waals surface area contributed by atoms with Crippen LogP contribution in [0.2, 0.25) is 0 Å². The van der Waals surface area contributed by atoms with Crippen LogP contribution in [0.3, 0.4) is 0 Å². The third kappa shape index (κ3) is 7.43. The number of nitrogens with one attached hydrogen (secondary N) is 3. The van der Waals surface area contributed by atoms with Gasteiger partial charge in [-0.3, -0.25) is 14.8 Å². The molecule has 3 N–H and O–H groups in total. The number of halogens is 1. The largest absolute Gasteiger partial charge is 0.494 e. The van der Waals surface area contributed by atoms with Gasteiger partial charge < -0.3 is 35.1 Å². The van der Waals surface area contributed by atoms with Crippen LogP contribution in [0, 0.1) is 5.82 Å². The molecule has 0 fully saturated rings. The molecular formula is C29H35FN9O3P. The Morgan fingerprint density at radius 1 is 1.05 bits per heavy atom. The van der Waals surface area contributed by atoms with Crippen LogP contribution in [0.5, 0.6) is 5.75 Å². The maximum Gasteiger partial charge on any atom is 0.247 e. The molecule has 0 saturated carbocycles. The molecule has 4 rings (SSSR count). The second-order valence-electron chi connectivity index (χ2n) is 10.4. The summed E-state index contributed by atoms with van der Waals surface area (Å²) >= 11 is 0. The molecule has 226 valence electrons. The zero-order valence-electron chi connectivity index (χ0n) is 25.0. The van der Waals surface area contributed by atoms with E-state index in [0.29, 0.717) is 45.7 Å². The van der Waals surface area contributed by atoms with Gasteiger partial charge in [0, 0.05) is 38.6 Å². The van der Waals surface area contributed by atoms with Crippen LogP contribution in [0.1, 0.15) is 0 Å². The number of nitrogens with zero attached hydrogens (tertiary/aromatic N) is 6. The van der Waals surface area contributed by atoms with Gasteiger partial charge in [0.1, 0.15) is 18.4 Å². The Morgan fingerprint density at radius 3 is 2.47 bits per heavy atom. The van der Waals surface area contributed by atoms with E-state index in [9.17, 15) is 13.8 Å². The van der Waals surface area contributed by atoms with E-state index in [4.69, 9.17) is 4.74 Å². The van der Waals surface area contributed by atoms with Crippen LogP contribution in [-0.4, -0.2) is 85.4 Å². The molecule has 2 aromatic carbocycles. The number of carbonyl (C=O) groups excluding carboxylic acids is 1. The van der Waals surface area contributed by atoms with Gasteiger partial charge in [-0.2, -0.15) is 4.98 Å². The summed E-state index contributed by atoms with van der Waals surface area (Å²) in [5, 5.41) is 9.30. The van der Waals surface area contributed by atoms with Gasteiger partial charge in [0.15, 0.2) is 11.6 Å². The highest BCUT2D eigenvalue weighted by molar-refractivity contribution is 7.71. The van der Waals surface area contributed by atoms with Gasteiger partial charge in [0.05, 0.1) is 46.9 Å². The van der Waals surface area contributed by atoms with E-state index >= 15 is 0 Å². The van der Waals surface area contributed by atoms with Crippen molar-refractivity contribution in [3.63, 3.8) is 0 Å². The maximum absolute atomic E-state index is 15.0. The van der Waals surface area contributed by atoms with Crippen molar-refractivity contribution in [3.8, 4) is 5.75 Å². The summed E-state index contributed by atoms with van der Waals surface area (Å²) in [6.45, 7) is 8.23. The second-order valence-corrected chi connectivity index (χ2v) is 13.5. The Bertz CT molecular complexity index is 1710. The minimum Gasteiger partial charge on any atom is -0.494 e. The van der Waals surface area contributed by atoms with Crippen molar-refractivity contribution in [3.05, 3.63) is 61.3 Å². The van der Waals surface area contributed by atoms with E-state index in [1.165, 1.54) is 19.4 Å². The van der Waals surface area contributed by atoms with E-state index in [1.54, 1.807) is 43.8 Å². The smallest absolute Gasteiger partial charge is 0.247 e. The molecular weight excluding hydrogens is 572 g/mol. The molecule has 2 aromatic heterocycles. The van der Waals surface area contributed by atoms with E-state index < -0.39 is 13.0 Å². The summed E-state index contributed by atoms with van der Waals surface area (Å²) in [6.07, 6.45) is 5.27. The lowest BCUT2D eigenvalue weighted by molar-refractivity contribution is -0.111. The normalized spacial score (nSPS) is 11.3. The first-order valence-corrected chi connectivity index (χ1v) is 15.9.